The van der Waals surface area contributed by atoms with Gasteiger partial charge in [0.1, 0.15) is 61.6 Å². The predicted octanol–water partition coefficient (Wildman–Crippen LogP) is 14.9. The minimum atomic E-state index is -0.610. The van der Waals surface area contributed by atoms with Crippen LogP contribution >= 0.6 is 0 Å². The first-order chi connectivity index (χ1) is 41.9. The van der Waals surface area contributed by atoms with Crippen molar-refractivity contribution in [2.24, 2.45) is 0 Å². The number of hydrogen-bond donors (Lipinski definition) is 2. The molecule has 4 aromatic rings. The Bertz CT molecular complexity index is 2200. The van der Waals surface area contributed by atoms with Gasteiger partial charge in [-0.1, -0.05) is 157 Å². The molecule has 1 fully saturated rings. The molecule has 3 aliphatic heterocycles. The van der Waals surface area contributed by atoms with Crippen LogP contribution < -0.4 is 48.5 Å². The van der Waals surface area contributed by atoms with Gasteiger partial charge >= 0.3 is 98.7 Å². The number of hydrogen-bond acceptors (Lipinski definition) is 12. The van der Waals surface area contributed by atoms with Crippen molar-refractivity contribution in [3.63, 3.8) is 0 Å². The van der Waals surface area contributed by atoms with Crippen LogP contribution in [0.4, 0.5) is 0 Å². The van der Waals surface area contributed by atoms with Crippen LogP contribution in [-0.4, -0.2) is 156 Å². The van der Waals surface area contributed by atoms with Crippen molar-refractivity contribution in [1.29, 1.82) is 0 Å². The van der Waals surface area contributed by atoms with Crippen molar-refractivity contribution in [3.8, 4) is 45.3 Å². The Kier molecular flexibility index (Phi) is 71.9. The summed E-state index contributed by atoms with van der Waals surface area (Å²) in [6, 6.07) is 17.4. The Morgan fingerprint density at radius 3 is 0.978 bits per heavy atom. The van der Waals surface area contributed by atoms with E-state index < -0.39 is 12.2 Å². The summed E-state index contributed by atoms with van der Waals surface area (Å²) in [5, 5.41) is 18.3. The molecule has 1 unspecified atom stereocenters. The summed E-state index contributed by atoms with van der Waals surface area (Å²) in [5.74, 6) is 3.45. The number of carbonyl (C=O) groups is 2. The third kappa shape index (κ3) is 33.6. The van der Waals surface area contributed by atoms with Crippen LogP contribution in [0.2, 0.25) is 0 Å². The van der Waals surface area contributed by atoms with Gasteiger partial charge in [-0.2, -0.15) is 0 Å². The fourth-order valence-corrected chi connectivity index (χ4v) is 10.4. The summed E-state index contributed by atoms with van der Waals surface area (Å²) in [4.78, 5) is 21.3. The van der Waals surface area contributed by atoms with Crippen molar-refractivity contribution in [3.05, 3.63) is 93.0 Å². The molecule has 1 saturated heterocycles. The molecule has 0 radical (unpaired) electrons. The SMILES string of the molecule is C.C.CC.CC.CC.CC.CC.CC.CC.CC.CCCC(=O)OC1COc2ccc3c(c2-c2c(ccc4c2CCCC4)OC1)CCCC3.CCOC=O.OC1COc2ccc3c(c2-c2c(ccc4c2CCCC4)OC1)CCCC3.OCC1CO1.[K][K].[Na+].[OH-]. The normalized spacial score (nSPS) is 14.9. The van der Waals surface area contributed by atoms with Crippen LogP contribution in [0.25, 0.3) is 22.3 Å². The second-order valence-electron chi connectivity index (χ2n) is 18.6. The van der Waals surface area contributed by atoms with E-state index in [0.717, 1.165) is 87.4 Å². The van der Waals surface area contributed by atoms with Gasteiger partial charge in [0, 0.05) is 28.7 Å². The van der Waals surface area contributed by atoms with Crippen molar-refractivity contribution in [2.45, 2.75) is 273 Å². The topological polar surface area (TPSA) is 173 Å². The maximum absolute atomic E-state index is 12.1. The predicted molar refractivity (Wildman–Crippen MR) is 375 cm³/mol. The molecule has 1 atom stereocenters. The molecule has 3 heterocycles. The van der Waals surface area contributed by atoms with Crippen LogP contribution in [0.3, 0.4) is 0 Å². The quantitative estimate of drug-likeness (QED) is 0.0811. The van der Waals surface area contributed by atoms with E-state index in [1.165, 1.54) is 181 Å². The first-order valence-corrected chi connectivity index (χ1v) is 50.2. The molecule has 0 amide bonds. The van der Waals surface area contributed by atoms with E-state index in [0.29, 0.717) is 32.7 Å². The molecule has 3 N–H and O–H groups in total. The number of carbonyl (C=O) groups excluding carboxylic acids is 2. The Morgan fingerprint density at radius 1 is 0.494 bits per heavy atom. The van der Waals surface area contributed by atoms with Crippen LogP contribution in [0, 0.1) is 0 Å². The minimum Gasteiger partial charge on any atom is -0.870 e. The van der Waals surface area contributed by atoms with Gasteiger partial charge in [0.15, 0.2) is 6.10 Å². The summed E-state index contributed by atoms with van der Waals surface area (Å²) in [7, 11) is 0. The molecule has 0 saturated carbocycles. The third-order valence-corrected chi connectivity index (χ3v) is 13.8. The van der Waals surface area contributed by atoms with Gasteiger partial charge in [-0.25, -0.2) is 0 Å². The van der Waals surface area contributed by atoms with E-state index in [-0.39, 0.29) is 81.8 Å². The van der Waals surface area contributed by atoms with Gasteiger partial charge < -0.3 is 48.8 Å². The van der Waals surface area contributed by atoms with Gasteiger partial charge in [-0.15, -0.1) is 0 Å². The standard InChI is InChI=1S/C27H32O4.C23H26O3.2C3H6O2.8C2H6.2CH4.2K.Na.H2O/c1-2-7-25(28)31-20-16-29-23-14-12-18-8-3-5-10-21(18)26(23)27-22-11-6-4-9-19(22)13-15-24(27)30-17-20;24-17-13-25-20-11-9-15-5-1-3-7-18(15)22(20)23-19-8-4-2-6-16(19)10-12-21(23)26-14-17;4-1-3-2-5-3;1-2-5-3-4;8*1-2;;;;;;/h12-15,20H,2-11,16-17H2,1H3;9-12,17,24H,1-8,13-14H2;3-4H,1-2H2;3H,2H2,1H3;8*1-2H3;2*1H4;;;;1H2/q;;;;;;;;;;;;;;;;+1;/p-1. The molecule has 0 bridgehead atoms. The second-order valence-corrected chi connectivity index (χ2v) is 18.6. The van der Waals surface area contributed by atoms with E-state index in [2.05, 4.69) is 58.0 Å². The van der Waals surface area contributed by atoms with Crippen LogP contribution in [0.5, 0.6) is 23.0 Å². The largest absolute Gasteiger partial charge is 1.00 e. The minimum absolute atomic E-state index is 0. The number of ether oxygens (including phenoxy) is 7. The number of rotatable bonds is 6. The summed E-state index contributed by atoms with van der Waals surface area (Å²) < 4.78 is 39.4. The van der Waals surface area contributed by atoms with Crippen molar-refractivity contribution >= 4 is 75.6 Å². The van der Waals surface area contributed by atoms with Gasteiger partial charge in [0.2, 0.25) is 0 Å². The van der Waals surface area contributed by atoms with Crippen molar-refractivity contribution in [2.75, 3.05) is 46.2 Å². The summed E-state index contributed by atoms with van der Waals surface area (Å²) in [5.41, 5.74) is 16.5. The van der Waals surface area contributed by atoms with Gasteiger partial charge in [0.05, 0.1) is 19.8 Å². The van der Waals surface area contributed by atoms with Gasteiger partial charge in [-0.3, -0.25) is 9.59 Å². The van der Waals surface area contributed by atoms with Crippen molar-refractivity contribution in [1.82, 2.24) is 0 Å². The molecule has 498 valence electrons. The number of aryl methyl sites for hydroxylation is 4. The zero-order valence-corrected chi connectivity index (χ0v) is 67.4. The number of aliphatic hydroxyl groups is 2. The monoisotopic (exact) mass is 1310 g/mol. The molecule has 0 aromatic heterocycles. The van der Waals surface area contributed by atoms with Crippen LogP contribution in [-0.2, 0) is 75.2 Å². The van der Waals surface area contributed by atoms with Gasteiger partial charge in [-0.05, 0) is 185 Å². The molecule has 12 nitrogen and oxygen atoms in total. The fourth-order valence-electron chi connectivity index (χ4n) is 10.4. The molecular formula is C74H127K2NaO12. The van der Waals surface area contributed by atoms with Crippen molar-refractivity contribution < 1.29 is 88.0 Å². The molecule has 7 aliphatic rings. The fraction of sp³-hybridized carbons (Fsp3) is 0.649. The van der Waals surface area contributed by atoms with Gasteiger partial charge in [0.25, 0.3) is 6.47 Å². The van der Waals surface area contributed by atoms with E-state index in [1.54, 1.807) is 6.92 Å². The average Bonchev–Trinajstić information content (AvgIpc) is 1.92. The maximum Gasteiger partial charge on any atom is 1.00 e. The smallest absolute Gasteiger partial charge is 0.870 e. The molecule has 4 aliphatic carbocycles. The average molecular weight is 1310 g/mol. The van der Waals surface area contributed by atoms with E-state index in [4.69, 9.17) is 28.8 Å². The molecule has 4 aromatic carbocycles. The molecule has 11 rings (SSSR count). The number of benzene rings is 4. The summed E-state index contributed by atoms with van der Waals surface area (Å²) in [6.45, 7) is 38.8. The summed E-state index contributed by atoms with van der Waals surface area (Å²) >= 11 is 2.50. The number of esters is 1. The molecule has 15 heteroatoms. The Labute approximate surface area is 613 Å². The molecule has 0 spiro atoms. The van der Waals surface area contributed by atoms with E-state index >= 15 is 0 Å². The molecule has 89 heavy (non-hydrogen) atoms. The zero-order chi connectivity index (χ0) is 64.5. The number of epoxide rings is 1. The Morgan fingerprint density at radius 2 is 0.764 bits per heavy atom. The number of aliphatic hydroxyl groups excluding tert-OH is 2. The Balaban J connectivity index is -0.000000268. The summed E-state index contributed by atoms with van der Waals surface area (Å²) in [6.07, 6.45) is 19.2. The second kappa shape index (κ2) is 64.5. The van der Waals surface area contributed by atoms with Crippen LogP contribution in [0.1, 0.15) is 248 Å². The Hall–Kier alpha value is -0.867. The number of fused-ring (bicyclic) bond motifs is 14. The first-order valence-electron chi connectivity index (χ1n) is 34.2. The first kappa shape index (κ1) is 99.2. The van der Waals surface area contributed by atoms with E-state index in [9.17, 15) is 14.7 Å². The zero-order valence-electron chi connectivity index (χ0n) is 59.1. The van der Waals surface area contributed by atoms with E-state index in [1.807, 2.05) is 118 Å². The maximum atomic E-state index is 12.1. The third-order valence-electron chi connectivity index (χ3n) is 13.8. The molecular weight excluding hydrogens is 1180 g/mol. The van der Waals surface area contributed by atoms with Crippen LogP contribution in [0.15, 0.2) is 48.5 Å².